The third-order valence-electron chi connectivity index (χ3n) is 11.3. The van der Waals surface area contributed by atoms with Crippen molar-refractivity contribution in [3.8, 4) is 5.75 Å². The van der Waals surface area contributed by atoms with Gasteiger partial charge < -0.3 is 47.6 Å². The Labute approximate surface area is 416 Å². The van der Waals surface area contributed by atoms with Crippen LogP contribution in [0.15, 0.2) is 72.8 Å². The summed E-state index contributed by atoms with van der Waals surface area (Å²) in [6.07, 6.45) is -3.81. The average Bonchev–Trinajstić information content (AvgIpc) is 3.45. The molecular weight excluding hydrogens is 979 g/mol. The molecule has 0 spiro atoms. The predicted octanol–water partition coefficient (Wildman–Crippen LogP) is 4.75. The van der Waals surface area contributed by atoms with Gasteiger partial charge in [0.1, 0.15) is 23.9 Å². The number of piperidine rings is 1. The quantitative estimate of drug-likeness (QED) is 0.0580. The van der Waals surface area contributed by atoms with Crippen LogP contribution in [0.3, 0.4) is 0 Å². The second-order valence-electron chi connectivity index (χ2n) is 17.0. The molecule has 0 saturated carbocycles. The van der Waals surface area contributed by atoms with E-state index in [0.29, 0.717) is 60.9 Å². The van der Waals surface area contributed by atoms with Crippen LogP contribution in [-0.2, 0) is 40.0 Å². The molecule has 3 atom stereocenters. The number of hydrogen-bond donors (Lipinski definition) is 9. The highest BCUT2D eigenvalue weighted by Crippen LogP contribution is 2.38. The number of carbonyl (C=O) groups is 8. The molecule has 5 rings (SSSR count). The minimum atomic E-state index is -5.08. The van der Waals surface area contributed by atoms with E-state index in [4.69, 9.17) is 25.5 Å². The van der Waals surface area contributed by atoms with Crippen LogP contribution in [-0.4, -0.2) is 131 Å². The number of anilines is 3. The van der Waals surface area contributed by atoms with Crippen LogP contribution in [0, 0.1) is 5.92 Å². The second-order valence-corrected chi connectivity index (χ2v) is 17.0. The molecule has 3 aromatic rings. The van der Waals surface area contributed by atoms with E-state index >= 15 is 0 Å². The highest BCUT2D eigenvalue weighted by molar-refractivity contribution is 6.18. The minimum Gasteiger partial charge on any atom is -0.508 e. The number of halogens is 6. The van der Waals surface area contributed by atoms with Crippen molar-refractivity contribution in [2.45, 2.75) is 102 Å². The molecule has 0 aliphatic carbocycles. The van der Waals surface area contributed by atoms with Gasteiger partial charge in [-0.1, -0.05) is 49.2 Å². The number of benzene rings is 3. The molecule has 0 aromatic heterocycles. The number of aromatic hydroxyl groups is 1. The molecule has 0 radical (unpaired) electrons. The molecule has 3 aromatic carbocycles. The first-order valence-electron chi connectivity index (χ1n) is 23.1. The van der Waals surface area contributed by atoms with Gasteiger partial charge in [0.05, 0.1) is 29.2 Å². The Bertz CT molecular complexity index is 2340. The number of nitrogens with two attached hydrogens (primary N) is 1. The van der Waals surface area contributed by atoms with Crippen molar-refractivity contribution in [1.82, 2.24) is 26.2 Å². The fourth-order valence-corrected chi connectivity index (χ4v) is 7.57. The summed E-state index contributed by atoms with van der Waals surface area (Å²) in [5.41, 5.74) is 8.56. The Hall–Kier alpha value is -7.28. The lowest BCUT2D eigenvalue weighted by molar-refractivity contribution is -0.193. The molecule has 1 saturated heterocycles. The topological polar surface area (TPSA) is 290 Å². The lowest BCUT2D eigenvalue weighted by Crippen LogP contribution is -2.56. The third kappa shape index (κ3) is 20.4. The van der Waals surface area contributed by atoms with E-state index in [-0.39, 0.29) is 42.3 Å². The number of fused-ring (bicyclic) bond motifs is 2. The highest BCUT2D eigenvalue weighted by atomic mass is 19.4. The van der Waals surface area contributed by atoms with Crippen molar-refractivity contribution in [3.05, 3.63) is 83.9 Å². The summed E-state index contributed by atoms with van der Waals surface area (Å²) in [5, 5.41) is 38.0. The smallest absolute Gasteiger partial charge is 0.490 e. The summed E-state index contributed by atoms with van der Waals surface area (Å²) in [6, 6.07) is 18.1. The maximum absolute atomic E-state index is 13.9. The summed E-state index contributed by atoms with van der Waals surface area (Å²) in [5.74, 6) is -7.08. The first-order valence-corrected chi connectivity index (χ1v) is 23.1. The van der Waals surface area contributed by atoms with Gasteiger partial charge in [-0.05, 0) is 113 Å². The van der Waals surface area contributed by atoms with Gasteiger partial charge in [-0.25, -0.2) is 9.59 Å². The standard InChI is InChI=1S/C44H58N8O7.2C2HF3O2/c1-29(47-44(59)36(48-30(2)53)14-7-9-23-45)41(56)50-37(27-32-17-19-33(54)20-18-32)43(58)46-24-10-8-11-31-21-25-51(26-22-31)28-40(55)52-38-15-5-3-12-34(38)42(57)49-35-13-4-6-16-39(35)52;2*3-2(4,5)1(6)7/h3-6,12-13,15-20,29,31,36-37,54H,7-11,14,21-28,45H2,1-2H3,(H,46,58)(H,47,59)(H,48,53)(H,49,57)(H,50,56);2*(H,6,7)/t29-,36-,37-;;/m0../s1. The molecule has 0 unspecified atom stereocenters. The van der Waals surface area contributed by atoms with E-state index in [1.807, 2.05) is 24.3 Å². The Morgan fingerprint density at radius 2 is 1.32 bits per heavy atom. The van der Waals surface area contributed by atoms with Crippen LogP contribution in [0.25, 0.3) is 0 Å². The molecule has 2 aliphatic rings. The fraction of sp³-hybridized carbons (Fsp3) is 0.458. The number of alkyl halides is 6. The van der Waals surface area contributed by atoms with E-state index in [2.05, 4.69) is 31.5 Å². The average molecular weight is 1040 g/mol. The maximum Gasteiger partial charge on any atom is 0.490 e. The number of amides is 6. The summed E-state index contributed by atoms with van der Waals surface area (Å²) in [6.45, 7) is 5.50. The molecule has 73 heavy (non-hydrogen) atoms. The van der Waals surface area contributed by atoms with Crippen molar-refractivity contribution in [2.75, 3.05) is 42.9 Å². The van der Waals surface area contributed by atoms with Gasteiger partial charge in [-0.15, -0.1) is 0 Å². The van der Waals surface area contributed by atoms with Crippen molar-refractivity contribution >= 4 is 64.4 Å². The molecule has 19 nitrogen and oxygen atoms in total. The van der Waals surface area contributed by atoms with E-state index in [0.717, 1.165) is 50.8 Å². The number of rotatable bonds is 19. The number of phenolic OH excluding ortho intramolecular Hbond substituents is 1. The highest BCUT2D eigenvalue weighted by Gasteiger charge is 2.39. The number of carboxylic acid groups (broad SMARTS) is 2. The molecule has 25 heteroatoms. The van der Waals surface area contributed by atoms with Crippen molar-refractivity contribution in [2.24, 2.45) is 11.7 Å². The molecule has 400 valence electrons. The zero-order valence-corrected chi connectivity index (χ0v) is 40.0. The Balaban J connectivity index is 0.000000878. The molecule has 6 amide bonds. The number of para-hydroxylation sites is 3. The number of aliphatic carboxylic acids is 2. The van der Waals surface area contributed by atoms with Crippen LogP contribution in [0.2, 0.25) is 0 Å². The van der Waals surface area contributed by atoms with Gasteiger partial charge in [0.15, 0.2) is 0 Å². The normalized spacial score (nSPS) is 14.8. The minimum absolute atomic E-state index is 0.0797. The van der Waals surface area contributed by atoms with Crippen molar-refractivity contribution in [3.63, 3.8) is 0 Å². The van der Waals surface area contributed by atoms with Gasteiger partial charge in [0, 0.05) is 19.9 Å². The van der Waals surface area contributed by atoms with Gasteiger partial charge in [-0.3, -0.25) is 38.6 Å². The van der Waals surface area contributed by atoms with E-state index in [9.17, 15) is 60.2 Å². The Morgan fingerprint density at radius 3 is 1.89 bits per heavy atom. The molecule has 2 heterocycles. The monoisotopic (exact) mass is 1040 g/mol. The maximum atomic E-state index is 13.9. The number of carbonyl (C=O) groups excluding carboxylic acids is 6. The first kappa shape index (κ1) is 60.0. The van der Waals surface area contributed by atoms with Crippen LogP contribution < -0.4 is 37.2 Å². The number of nitrogens with zero attached hydrogens (tertiary/aromatic N) is 2. The van der Waals surface area contributed by atoms with E-state index < -0.39 is 54.2 Å². The molecular formula is C48H60F6N8O11. The first-order chi connectivity index (χ1) is 34.3. The fourth-order valence-electron chi connectivity index (χ4n) is 7.57. The van der Waals surface area contributed by atoms with Crippen LogP contribution in [0.1, 0.15) is 81.1 Å². The van der Waals surface area contributed by atoms with Crippen LogP contribution >= 0.6 is 0 Å². The molecule has 1 fully saturated rings. The van der Waals surface area contributed by atoms with Gasteiger partial charge in [0.25, 0.3) is 5.91 Å². The number of nitrogens with one attached hydrogen (secondary N) is 5. The van der Waals surface area contributed by atoms with Gasteiger partial charge >= 0.3 is 24.3 Å². The Kier molecular flexibility index (Phi) is 23.6. The molecule has 2 aliphatic heterocycles. The summed E-state index contributed by atoms with van der Waals surface area (Å²) in [4.78, 5) is 99.9. The SMILES string of the molecule is CC(=O)N[C@@H](CCCCN)C(=O)N[C@@H](C)C(=O)N[C@@H](Cc1ccc(O)cc1)C(=O)NCCCCC1CCN(CC(=O)N2c3ccccc3NC(=O)c3ccccc32)CC1.O=C(O)C(F)(F)F.O=C(O)C(F)(F)F. The largest absolute Gasteiger partial charge is 0.508 e. The molecule has 10 N–H and O–H groups in total. The van der Waals surface area contributed by atoms with Gasteiger partial charge in [-0.2, -0.15) is 26.3 Å². The van der Waals surface area contributed by atoms with Crippen molar-refractivity contribution < 1.29 is 80.0 Å². The zero-order chi connectivity index (χ0) is 54.5. The summed E-state index contributed by atoms with van der Waals surface area (Å²) < 4.78 is 63.5. The van der Waals surface area contributed by atoms with Crippen molar-refractivity contribution in [1.29, 1.82) is 0 Å². The number of hydrogen-bond acceptors (Lipinski definition) is 11. The van der Waals surface area contributed by atoms with E-state index in [1.54, 1.807) is 41.3 Å². The number of phenols is 1. The second kappa shape index (κ2) is 28.7. The molecule has 0 bridgehead atoms. The summed E-state index contributed by atoms with van der Waals surface area (Å²) in [7, 11) is 0. The van der Waals surface area contributed by atoms with E-state index in [1.165, 1.54) is 26.0 Å². The lowest BCUT2D eigenvalue weighted by atomic mass is 9.91. The predicted molar refractivity (Wildman–Crippen MR) is 253 cm³/mol. The van der Waals surface area contributed by atoms with Gasteiger partial charge in [0.2, 0.25) is 29.5 Å². The number of likely N-dealkylation sites (tertiary alicyclic amines) is 1. The lowest BCUT2D eigenvalue weighted by Gasteiger charge is -2.33. The summed E-state index contributed by atoms with van der Waals surface area (Å²) >= 11 is 0. The number of carboxylic acids is 2. The van der Waals surface area contributed by atoms with Crippen LogP contribution in [0.5, 0.6) is 5.75 Å². The zero-order valence-electron chi connectivity index (χ0n) is 40.0. The van der Waals surface area contributed by atoms with Crippen LogP contribution in [0.4, 0.5) is 43.4 Å². The third-order valence-corrected chi connectivity index (χ3v) is 11.3. The number of unbranched alkanes of at least 4 members (excludes halogenated alkanes) is 2. The Morgan fingerprint density at radius 1 is 0.740 bits per heavy atom.